The third-order valence-corrected chi connectivity index (χ3v) is 5.77. The van der Waals surface area contributed by atoms with Crippen molar-refractivity contribution in [2.75, 3.05) is 13.1 Å². The summed E-state index contributed by atoms with van der Waals surface area (Å²) < 4.78 is 26.3. The first-order valence-electron chi connectivity index (χ1n) is 6.47. The Balaban J connectivity index is 2.32. The molecule has 0 unspecified atom stereocenters. The summed E-state index contributed by atoms with van der Waals surface area (Å²) in [4.78, 5) is 21.0. The number of nitro groups is 1. The summed E-state index contributed by atoms with van der Waals surface area (Å²) in [6.45, 7) is 0.186. The Labute approximate surface area is 132 Å². The van der Waals surface area contributed by atoms with Crippen LogP contribution in [0.15, 0.2) is 23.1 Å². The molecule has 1 aliphatic heterocycles. The van der Waals surface area contributed by atoms with Crippen LogP contribution in [0.25, 0.3) is 0 Å². The highest BCUT2D eigenvalue weighted by molar-refractivity contribution is 7.89. The van der Waals surface area contributed by atoms with Gasteiger partial charge < -0.3 is 5.73 Å². The third kappa shape index (κ3) is 3.21. The first-order chi connectivity index (χ1) is 10.2. The van der Waals surface area contributed by atoms with E-state index in [0.29, 0.717) is 12.8 Å². The highest BCUT2D eigenvalue weighted by atomic mass is 35.5. The molecular weight excluding hydrogens is 334 g/mol. The fourth-order valence-electron chi connectivity index (χ4n) is 2.37. The average Bonchev–Trinajstić information content (AvgIpc) is 2.46. The molecule has 0 saturated carbocycles. The molecule has 22 heavy (non-hydrogen) atoms. The monoisotopic (exact) mass is 347 g/mol. The van der Waals surface area contributed by atoms with E-state index in [4.69, 9.17) is 17.3 Å². The van der Waals surface area contributed by atoms with Crippen LogP contribution in [0.5, 0.6) is 0 Å². The number of carbonyl (C=O) groups excluding carboxylic acids is 1. The number of rotatable bonds is 4. The molecule has 1 aromatic rings. The Morgan fingerprint density at radius 3 is 2.45 bits per heavy atom. The summed E-state index contributed by atoms with van der Waals surface area (Å²) in [6.07, 6.45) is 0.603. The second-order valence-electron chi connectivity index (χ2n) is 4.95. The number of piperidine rings is 1. The summed E-state index contributed by atoms with van der Waals surface area (Å²) in [7, 11) is -4.02. The Bertz CT molecular complexity index is 713. The van der Waals surface area contributed by atoms with E-state index < -0.39 is 31.4 Å². The average molecular weight is 348 g/mol. The molecule has 120 valence electrons. The number of sulfonamides is 1. The first kappa shape index (κ1) is 16.7. The van der Waals surface area contributed by atoms with Gasteiger partial charge >= 0.3 is 0 Å². The fourth-order valence-corrected chi connectivity index (χ4v) is 4.14. The summed E-state index contributed by atoms with van der Waals surface area (Å²) in [5.74, 6) is -0.832. The highest BCUT2D eigenvalue weighted by Crippen LogP contribution is 2.31. The maximum atomic E-state index is 12.6. The number of halogens is 1. The van der Waals surface area contributed by atoms with Crippen LogP contribution in [0.3, 0.4) is 0 Å². The lowest BCUT2D eigenvalue weighted by Crippen LogP contribution is -2.41. The number of primary amides is 1. The van der Waals surface area contributed by atoms with E-state index in [1.54, 1.807) is 0 Å². The maximum Gasteiger partial charge on any atom is 0.290 e. The van der Waals surface area contributed by atoms with Crippen LogP contribution in [0, 0.1) is 16.0 Å². The number of nitrogens with two attached hydrogens (primary N) is 1. The Morgan fingerprint density at radius 1 is 1.36 bits per heavy atom. The lowest BCUT2D eigenvalue weighted by molar-refractivity contribution is -0.387. The van der Waals surface area contributed by atoms with E-state index in [9.17, 15) is 23.3 Å². The quantitative estimate of drug-likeness (QED) is 0.646. The van der Waals surface area contributed by atoms with Crippen molar-refractivity contribution in [3.8, 4) is 0 Å². The van der Waals surface area contributed by atoms with Crippen molar-refractivity contribution >= 4 is 33.2 Å². The van der Waals surface area contributed by atoms with Gasteiger partial charge in [-0.05, 0) is 25.0 Å². The lowest BCUT2D eigenvalue weighted by atomic mass is 9.98. The van der Waals surface area contributed by atoms with Crippen LogP contribution >= 0.6 is 11.6 Å². The van der Waals surface area contributed by atoms with E-state index in [2.05, 4.69) is 0 Å². The van der Waals surface area contributed by atoms with Crippen molar-refractivity contribution in [3.05, 3.63) is 33.3 Å². The number of benzene rings is 1. The number of hydrogen-bond donors (Lipinski definition) is 1. The lowest BCUT2D eigenvalue weighted by Gasteiger charge is -2.29. The first-order valence-corrected chi connectivity index (χ1v) is 8.28. The van der Waals surface area contributed by atoms with Crippen LogP contribution in [0.4, 0.5) is 5.69 Å². The van der Waals surface area contributed by atoms with Gasteiger partial charge in [0, 0.05) is 30.1 Å². The van der Waals surface area contributed by atoms with Crippen LogP contribution in [0.1, 0.15) is 12.8 Å². The minimum Gasteiger partial charge on any atom is -0.369 e. The Hall–Kier alpha value is -1.71. The fraction of sp³-hybridized carbons (Fsp3) is 0.417. The Morgan fingerprint density at radius 2 is 1.95 bits per heavy atom. The summed E-state index contributed by atoms with van der Waals surface area (Å²) >= 11 is 5.69. The molecule has 0 atom stereocenters. The van der Waals surface area contributed by atoms with Gasteiger partial charge in [0.25, 0.3) is 5.69 Å². The van der Waals surface area contributed by atoms with Gasteiger partial charge in [-0.25, -0.2) is 8.42 Å². The summed E-state index contributed by atoms with van der Waals surface area (Å²) in [5, 5.41) is 11.1. The van der Waals surface area contributed by atoms with Crippen molar-refractivity contribution in [1.82, 2.24) is 4.31 Å². The highest BCUT2D eigenvalue weighted by Gasteiger charge is 2.35. The number of hydrogen-bond acceptors (Lipinski definition) is 5. The standard InChI is InChI=1S/C12H14ClN3O5S/c13-9-1-2-11(10(7-9)16(18)19)22(20,21)15-5-3-8(4-6-15)12(14)17/h1-2,7-8H,3-6H2,(H2,14,17). The molecule has 1 aromatic carbocycles. The zero-order valence-electron chi connectivity index (χ0n) is 11.4. The van der Waals surface area contributed by atoms with Gasteiger partial charge in [-0.3, -0.25) is 14.9 Å². The third-order valence-electron chi connectivity index (χ3n) is 3.59. The SMILES string of the molecule is NC(=O)C1CCN(S(=O)(=O)c2ccc(Cl)cc2[N+](=O)[O-])CC1. The van der Waals surface area contributed by atoms with Gasteiger partial charge in [-0.15, -0.1) is 0 Å². The number of amides is 1. The van der Waals surface area contributed by atoms with E-state index in [1.165, 1.54) is 6.07 Å². The zero-order valence-corrected chi connectivity index (χ0v) is 13.0. The van der Waals surface area contributed by atoms with Crippen LogP contribution < -0.4 is 5.73 Å². The Kier molecular flexibility index (Phi) is 4.69. The van der Waals surface area contributed by atoms with E-state index >= 15 is 0 Å². The predicted molar refractivity (Wildman–Crippen MR) is 78.8 cm³/mol. The van der Waals surface area contributed by atoms with Crippen LogP contribution in [-0.4, -0.2) is 36.6 Å². The molecule has 1 heterocycles. The summed E-state index contributed by atoms with van der Waals surface area (Å²) in [5.41, 5.74) is 4.64. The molecule has 1 amide bonds. The van der Waals surface area contributed by atoms with Gasteiger partial charge in [-0.1, -0.05) is 11.6 Å². The minimum atomic E-state index is -4.02. The molecule has 2 N–H and O–H groups in total. The normalized spacial score (nSPS) is 17.3. The molecule has 1 saturated heterocycles. The van der Waals surface area contributed by atoms with Crippen molar-refractivity contribution in [1.29, 1.82) is 0 Å². The largest absolute Gasteiger partial charge is 0.369 e. The van der Waals surface area contributed by atoms with Gasteiger partial charge in [-0.2, -0.15) is 4.31 Å². The van der Waals surface area contributed by atoms with Gasteiger partial charge in [0.05, 0.1) is 4.92 Å². The molecule has 0 radical (unpaired) electrons. The number of carbonyl (C=O) groups is 1. The molecule has 0 bridgehead atoms. The van der Waals surface area contributed by atoms with Gasteiger partial charge in [0.2, 0.25) is 15.9 Å². The topological polar surface area (TPSA) is 124 Å². The molecule has 1 fully saturated rings. The van der Waals surface area contributed by atoms with Gasteiger partial charge in [0.1, 0.15) is 0 Å². The number of nitro benzene ring substituents is 1. The van der Waals surface area contributed by atoms with Crippen molar-refractivity contribution in [3.63, 3.8) is 0 Å². The molecule has 8 nitrogen and oxygen atoms in total. The molecular formula is C12H14ClN3O5S. The van der Waals surface area contributed by atoms with Crippen molar-refractivity contribution < 1.29 is 18.1 Å². The minimum absolute atomic E-state index is 0.0816. The van der Waals surface area contributed by atoms with Crippen molar-refractivity contribution in [2.24, 2.45) is 11.7 Å². The van der Waals surface area contributed by atoms with Crippen LogP contribution in [0.2, 0.25) is 5.02 Å². The second-order valence-corrected chi connectivity index (χ2v) is 7.29. The smallest absolute Gasteiger partial charge is 0.290 e. The van der Waals surface area contributed by atoms with Crippen molar-refractivity contribution in [2.45, 2.75) is 17.7 Å². The maximum absolute atomic E-state index is 12.6. The molecule has 0 spiro atoms. The van der Waals surface area contributed by atoms with E-state index in [1.807, 2.05) is 0 Å². The van der Waals surface area contributed by atoms with Crippen LogP contribution in [-0.2, 0) is 14.8 Å². The van der Waals surface area contributed by atoms with E-state index in [-0.39, 0.29) is 24.0 Å². The molecule has 1 aliphatic rings. The zero-order chi connectivity index (χ0) is 16.5. The molecule has 10 heteroatoms. The van der Waals surface area contributed by atoms with Gasteiger partial charge in [0.15, 0.2) is 4.90 Å². The molecule has 0 aliphatic carbocycles. The summed E-state index contributed by atoms with van der Waals surface area (Å²) in [6, 6.07) is 3.41. The predicted octanol–water partition coefficient (Wildman–Crippen LogP) is 1.13. The molecule has 2 rings (SSSR count). The van der Waals surface area contributed by atoms with E-state index in [0.717, 1.165) is 16.4 Å². The second kappa shape index (κ2) is 6.19. The molecule has 0 aromatic heterocycles. The number of nitrogens with zero attached hydrogens (tertiary/aromatic N) is 2.